The van der Waals surface area contributed by atoms with Crippen LogP contribution in [0.5, 0.6) is 0 Å². The van der Waals surface area contributed by atoms with Crippen molar-refractivity contribution < 1.29 is 0 Å². The Morgan fingerprint density at radius 2 is 0.961 bits per heavy atom. The molecule has 0 aliphatic rings. The molecule has 0 spiro atoms. The molecule has 0 aliphatic heterocycles. The Labute approximate surface area is 297 Å². The molecule has 0 aliphatic carbocycles. The lowest BCUT2D eigenvalue weighted by molar-refractivity contribution is 1.01. The van der Waals surface area contributed by atoms with Crippen molar-refractivity contribution in [3.8, 4) is 33.9 Å². The molecular formula is C46H28N4S. The first kappa shape index (κ1) is 28.3. The quantitative estimate of drug-likeness (QED) is 0.187. The van der Waals surface area contributed by atoms with Crippen LogP contribution in [-0.4, -0.2) is 19.1 Å². The highest BCUT2D eigenvalue weighted by atomic mass is 32.1. The summed E-state index contributed by atoms with van der Waals surface area (Å²) >= 11 is 1.74. The smallest absolute Gasteiger partial charge is 0.235 e. The number of thiophene rings is 1. The third-order valence-electron chi connectivity index (χ3n) is 10.2. The van der Waals surface area contributed by atoms with Crippen LogP contribution < -0.4 is 0 Å². The van der Waals surface area contributed by atoms with E-state index in [4.69, 9.17) is 9.97 Å². The van der Waals surface area contributed by atoms with Crippen molar-refractivity contribution in [1.82, 2.24) is 19.1 Å². The number of rotatable bonds is 4. The average Bonchev–Trinajstić information content (AvgIpc) is 3.85. The Morgan fingerprint density at radius 1 is 0.392 bits per heavy atom. The van der Waals surface area contributed by atoms with Crippen LogP contribution >= 0.6 is 11.3 Å². The van der Waals surface area contributed by atoms with E-state index in [1.165, 1.54) is 54.0 Å². The van der Waals surface area contributed by atoms with Crippen LogP contribution in [0.1, 0.15) is 0 Å². The molecule has 4 nitrogen and oxygen atoms in total. The van der Waals surface area contributed by atoms with Crippen LogP contribution in [0.3, 0.4) is 0 Å². The zero-order valence-corrected chi connectivity index (χ0v) is 28.2. The summed E-state index contributed by atoms with van der Waals surface area (Å²) in [7, 11) is 0. The molecule has 0 atom stereocenters. The lowest BCUT2D eigenvalue weighted by atomic mass is 10.0. The molecule has 4 aromatic heterocycles. The largest absolute Gasteiger partial charge is 0.309 e. The summed E-state index contributed by atoms with van der Waals surface area (Å²) in [5.41, 5.74) is 11.5. The van der Waals surface area contributed by atoms with Gasteiger partial charge < -0.3 is 4.57 Å². The highest BCUT2D eigenvalue weighted by Crippen LogP contribution is 2.39. The molecule has 11 aromatic rings. The lowest BCUT2D eigenvalue weighted by Crippen LogP contribution is -2.00. The highest BCUT2D eigenvalue weighted by Gasteiger charge is 2.18. The number of para-hydroxylation sites is 3. The van der Waals surface area contributed by atoms with Crippen molar-refractivity contribution in [2.45, 2.75) is 0 Å². The van der Waals surface area contributed by atoms with Gasteiger partial charge in [0, 0.05) is 37.3 Å². The van der Waals surface area contributed by atoms with Crippen molar-refractivity contribution in [1.29, 1.82) is 0 Å². The fourth-order valence-electron chi connectivity index (χ4n) is 7.86. The van der Waals surface area contributed by atoms with Gasteiger partial charge in [0.05, 0.1) is 38.5 Å². The maximum Gasteiger partial charge on any atom is 0.235 e. The van der Waals surface area contributed by atoms with Gasteiger partial charge in [-0.2, -0.15) is 0 Å². The van der Waals surface area contributed by atoms with E-state index in [9.17, 15) is 0 Å². The molecule has 0 amide bonds. The monoisotopic (exact) mass is 668 g/mol. The summed E-state index contributed by atoms with van der Waals surface area (Å²) in [6, 6.07) is 58.8. The predicted octanol–water partition coefficient (Wildman–Crippen LogP) is 12.4. The molecule has 0 fully saturated rings. The van der Waals surface area contributed by atoms with Crippen molar-refractivity contribution in [2.24, 2.45) is 0 Å². The number of hydrogen-bond donors (Lipinski definition) is 0. The standard InChI is InChI=1S/C46H28N4S/c1-2-11-29(12-3-1)31-21-23-42-37(26-31)36-17-6-9-20-41(36)50(42)46-47-28-44-45(48-46)38-27-32(22-24-43(38)51-44)30-13-10-14-33(25-30)49-39-18-7-4-15-34(39)35-16-5-8-19-40(35)49/h1-28H. The molecule has 238 valence electrons. The first-order valence-electron chi connectivity index (χ1n) is 17.2. The van der Waals surface area contributed by atoms with Crippen LogP contribution in [0.25, 0.3) is 97.8 Å². The SMILES string of the molecule is c1ccc(-c2ccc3c(c2)c2ccccc2n3-c2ncc3sc4ccc(-c5cccc(-n6c7ccccc7c7ccccc76)c5)cc4c3n2)cc1. The van der Waals surface area contributed by atoms with Gasteiger partial charge >= 0.3 is 0 Å². The highest BCUT2D eigenvalue weighted by molar-refractivity contribution is 7.25. The van der Waals surface area contributed by atoms with Gasteiger partial charge in [-0.05, 0) is 76.9 Å². The molecule has 0 saturated heterocycles. The molecule has 11 rings (SSSR count). The molecule has 0 unspecified atom stereocenters. The van der Waals surface area contributed by atoms with Crippen molar-refractivity contribution in [2.75, 3.05) is 0 Å². The van der Waals surface area contributed by atoms with Gasteiger partial charge in [0.2, 0.25) is 5.95 Å². The summed E-state index contributed by atoms with van der Waals surface area (Å²) < 4.78 is 6.87. The Balaban J connectivity index is 1.06. The predicted molar refractivity (Wildman–Crippen MR) is 214 cm³/mol. The van der Waals surface area contributed by atoms with E-state index in [1.54, 1.807) is 11.3 Å². The van der Waals surface area contributed by atoms with E-state index in [-0.39, 0.29) is 0 Å². The number of nitrogens with zero attached hydrogens (tertiary/aromatic N) is 4. The minimum atomic E-state index is 0.680. The average molecular weight is 669 g/mol. The normalized spacial score (nSPS) is 11.9. The van der Waals surface area contributed by atoms with Gasteiger partial charge in [0.1, 0.15) is 0 Å². The Bertz CT molecular complexity index is 3090. The van der Waals surface area contributed by atoms with Gasteiger partial charge in [0.25, 0.3) is 0 Å². The van der Waals surface area contributed by atoms with Gasteiger partial charge in [0.15, 0.2) is 0 Å². The van der Waals surface area contributed by atoms with E-state index in [2.05, 4.69) is 173 Å². The first-order chi connectivity index (χ1) is 25.3. The van der Waals surface area contributed by atoms with Gasteiger partial charge in [-0.15, -0.1) is 11.3 Å². The van der Waals surface area contributed by atoms with Crippen LogP contribution in [0.15, 0.2) is 170 Å². The number of hydrogen-bond acceptors (Lipinski definition) is 3. The topological polar surface area (TPSA) is 35.6 Å². The Hall–Kier alpha value is -6.56. The van der Waals surface area contributed by atoms with Crippen molar-refractivity contribution >= 4 is 75.3 Å². The molecule has 5 heteroatoms. The summed E-state index contributed by atoms with van der Waals surface area (Å²) in [6.45, 7) is 0. The molecule has 0 saturated carbocycles. The second-order valence-corrected chi connectivity index (χ2v) is 14.2. The number of benzene rings is 7. The van der Waals surface area contributed by atoms with E-state index < -0.39 is 0 Å². The van der Waals surface area contributed by atoms with Crippen molar-refractivity contribution in [3.05, 3.63) is 170 Å². The molecule has 0 bridgehead atoms. The molecule has 51 heavy (non-hydrogen) atoms. The number of fused-ring (bicyclic) bond motifs is 9. The van der Waals surface area contributed by atoms with E-state index in [0.717, 1.165) is 37.9 Å². The first-order valence-corrected chi connectivity index (χ1v) is 18.0. The second kappa shape index (κ2) is 11.0. The third-order valence-corrected chi connectivity index (χ3v) is 11.3. The molecule has 0 radical (unpaired) electrons. The minimum Gasteiger partial charge on any atom is -0.309 e. The maximum absolute atomic E-state index is 5.31. The minimum absolute atomic E-state index is 0.680. The molecule has 7 aromatic carbocycles. The van der Waals surface area contributed by atoms with Crippen LogP contribution in [0.2, 0.25) is 0 Å². The van der Waals surface area contributed by atoms with Gasteiger partial charge in [-0.1, -0.05) is 109 Å². The summed E-state index contributed by atoms with van der Waals surface area (Å²) in [5.74, 6) is 0.680. The molecule has 4 heterocycles. The lowest BCUT2D eigenvalue weighted by Gasteiger charge is -2.10. The van der Waals surface area contributed by atoms with E-state index in [0.29, 0.717) is 5.95 Å². The zero-order chi connectivity index (χ0) is 33.5. The fraction of sp³-hybridized carbons (Fsp3) is 0. The van der Waals surface area contributed by atoms with Crippen molar-refractivity contribution in [3.63, 3.8) is 0 Å². The molecular weight excluding hydrogens is 641 g/mol. The molecule has 0 N–H and O–H groups in total. The number of aromatic nitrogens is 4. The van der Waals surface area contributed by atoms with Gasteiger partial charge in [-0.3, -0.25) is 4.57 Å². The second-order valence-electron chi connectivity index (χ2n) is 13.1. The zero-order valence-electron chi connectivity index (χ0n) is 27.4. The summed E-state index contributed by atoms with van der Waals surface area (Å²) in [6.07, 6.45) is 1.99. The summed E-state index contributed by atoms with van der Waals surface area (Å²) in [4.78, 5) is 10.3. The van der Waals surface area contributed by atoms with Crippen LogP contribution in [-0.2, 0) is 0 Å². The maximum atomic E-state index is 5.31. The van der Waals surface area contributed by atoms with Crippen LogP contribution in [0, 0.1) is 0 Å². The Morgan fingerprint density at radius 3 is 1.73 bits per heavy atom. The fourth-order valence-corrected chi connectivity index (χ4v) is 8.86. The van der Waals surface area contributed by atoms with Gasteiger partial charge in [-0.25, -0.2) is 9.97 Å². The Kier molecular flexibility index (Phi) is 6.09. The third kappa shape index (κ3) is 4.32. The van der Waals surface area contributed by atoms with E-state index in [1.807, 2.05) is 6.20 Å². The van der Waals surface area contributed by atoms with E-state index >= 15 is 0 Å². The van der Waals surface area contributed by atoms with Crippen LogP contribution in [0.4, 0.5) is 0 Å². The summed E-state index contributed by atoms with van der Waals surface area (Å²) in [5, 5.41) is 6.05.